The van der Waals surface area contributed by atoms with Crippen LogP contribution in [0.5, 0.6) is 0 Å². The Morgan fingerprint density at radius 2 is 1.83 bits per heavy atom. The van der Waals surface area contributed by atoms with Crippen LogP contribution in [0.4, 0.5) is 0 Å². The van der Waals surface area contributed by atoms with E-state index in [0.29, 0.717) is 38.5 Å². The van der Waals surface area contributed by atoms with Gasteiger partial charge in [0.25, 0.3) is 0 Å². The molecular formula is C31H40O10. The zero-order chi connectivity index (χ0) is 28.7. The van der Waals surface area contributed by atoms with E-state index < -0.39 is 51.9 Å². The highest BCUT2D eigenvalue weighted by Crippen LogP contribution is 2.78. The number of ether oxygens (including phenoxy) is 5. The molecule has 0 unspecified atom stereocenters. The largest absolute Gasteiger partial charge is 0.431 e. The molecule has 2 bridgehead atoms. The maximum Gasteiger partial charge on any atom is 0.335 e. The first-order chi connectivity index (χ1) is 19.4. The molecule has 41 heavy (non-hydrogen) atoms. The first-order valence-electron chi connectivity index (χ1n) is 15.2. The van der Waals surface area contributed by atoms with Crippen LogP contribution in [0.25, 0.3) is 0 Å². The summed E-state index contributed by atoms with van der Waals surface area (Å²) >= 11 is 0. The third kappa shape index (κ3) is 3.17. The van der Waals surface area contributed by atoms with Gasteiger partial charge in [0.1, 0.15) is 11.2 Å². The van der Waals surface area contributed by atoms with E-state index in [9.17, 15) is 19.8 Å². The van der Waals surface area contributed by atoms with E-state index in [1.807, 2.05) is 6.92 Å². The number of epoxide rings is 1. The van der Waals surface area contributed by atoms with Crippen LogP contribution in [0.1, 0.15) is 77.2 Å². The Morgan fingerprint density at radius 1 is 1.02 bits per heavy atom. The molecular weight excluding hydrogens is 532 g/mol. The van der Waals surface area contributed by atoms with Crippen LogP contribution < -0.4 is 5.63 Å². The van der Waals surface area contributed by atoms with Gasteiger partial charge in [-0.25, -0.2) is 4.79 Å². The van der Waals surface area contributed by atoms with Gasteiger partial charge in [-0.3, -0.25) is 4.79 Å². The summed E-state index contributed by atoms with van der Waals surface area (Å²) in [5.41, 5.74) is -2.68. The summed E-state index contributed by atoms with van der Waals surface area (Å²) in [5.74, 6) is -1.98. The summed E-state index contributed by atoms with van der Waals surface area (Å²) < 4.78 is 36.4. The summed E-state index contributed by atoms with van der Waals surface area (Å²) in [6.07, 6.45) is 2.35. The number of hydrogen-bond donors (Lipinski definition) is 2. The fraction of sp³-hybridized carbons (Fsp3) is 0.806. The number of aliphatic hydroxyl groups is 2. The minimum absolute atomic E-state index is 0.0822. The SMILES string of the molecule is CO[C@@]12C[C@H](C)O[C@@H](O[C@@H]3C[C@@]4(C)[C@@H](C[C@@H]5O[C@]56[C@@H]4[C@H](O)C[C@]4(C)[C@@H](c5ccc(=O)oc5)CC[C@]64O)C[C@H]3O1)C2=O. The van der Waals surface area contributed by atoms with Gasteiger partial charge in [-0.15, -0.1) is 0 Å². The van der Waals surface area contributed by atoms with Crippen LogP contribution in [0.2, 0.25) is 0 Å². The number of rotatable bonds is 2. The lowest BCUT2D eigenvalue weighted by Gasteiger charge is -2.64. The van der Waals surface area contributed by atoms with Crippen molar-refractivity contribution in [1.82, 2.24) is 0 Å². The van der Waals surface area contributed by atoms with E-state index in [0.717, 1.165) is 12.0 Å². The summed E-state index contributed by atoms with van der Waals surface area (Å²) in [4.78, 5) is 25.0. The molecule has 10 nitrogen and oxygen atoms in total. The zero-order valence-electron chi connectivity index (χ0n) is 24.0. The van der Waals surface area contributed by atoms with E-state index in [4.69, 9.17) is 28.1 Å². The Kier molecular flexibility index (Phi) is 5.44. The molecule has 3 saturated heterocycles. The minimum Gasteiger partial charge on any atom is -0.431 e. The molecule has 14 atom stereocenters. The van der Waals surface area contributed by atoms with Crippen molar-refractivity contribution in [1.29, 1.82) is 0 Å². The number of hydrogen-bond acceptors (Lipinski definition) is 10. The molecule has 3 aliphatic heterocycles. The zero-order valence-corrected chi connectivity index (χ0v) is 24.0. The van der Waals surface area contributed by atoms with E-state index in [2.05, 4.69) is 13.8 Å². The molecule has 2 N–H and O–H groups in total. The van der Waals surface area contributed by atoms with E-state index in [1.54, 1.807) is 6.07 Å². The molecule has 224 valence electrons. The van der Waals surface area contributed by atoms with Crippen molar-refractivity contribution in [3.8, 4) is 0 Å². The quantitative estimate of drug-likeness (QED) is 0.402. The summed E-state index contributed by atoms with van der Waals surface area (Å²) in [6.45, 7) is 6.15. The number of aliphatic hydroxyl groups excluding tert-OH is 1. The summed E-state index contributed by atoms with van der Waals surface area (Å²) in [5, 5.41) is 24.8. The van der Waals surface area contributed by atoms with Crippen molar-refractivity contribution in [3.63, 3.8) is 0 Å². The van der Waals surface area contributed by atoms with Gasteiger partial charge in [0.15, 0.2) is 0 Å². The van der Waals surface area contributed by atoms with E-state index >= 15 is 0 Å². The van der Waals surface area contributed by atoms with Gasteiger partial charge < -0.3 is 38.3 Å². The maximum absolute atomic E-state index is 13.4. The second-order valence-corrected chi connectivity index (χ2v) is 14.4. The van der Waals surface area contributed by atoms with Gasteiger partial charge >= 0.3 is 5.63 Å². The van der Waals surface area contributed by atoms with Crippen LogP contribution in [0.15, 0.2) is 27.6 Å². The third-order valence-electron chi connectivity index (χ3n) is 12.7. The first kappa shape index (κ1) is 26.9. The Balaban J connectivity index is 1.15. The average Bonchev–Trinajstić information content (AvgIpc) is 3.57. The highest BCUT2D eigenvalue weighted by atomic mass is 16.8. The van der Waals surface area contributed by atoms with Crippen LogP contribution >= 0.6 is 0 Å². The average molecular weight is 573 g/mol. The lowest BCUT2D eigenvalue weighted by molar-refractivity contribution is -0.274. The van der Waals surface area contributed by atoms with Crippen LogP contribution in [0, 0.1) is 22.7 Å². The normalized spacial score (nSPS) is 56.9. The molecule has 4 saturated carbocycles. The van der Waals surface area contributed by atoms with Crippen molar-refractivity contribution in [2.75, 3.05) is 7.11 Å². The monoisotopic (exact) mass is 572 g/mol. The Bertz CT molecular complexity index is 1330. The molecule has 8 rings (SSSR count). The topological polar surface area (TPSA) is 137 Å². The maximum atomic E-state index is 13.4. The molecule has 0 amide bonds. The first-order valence-corrected chi connectivity index (χ1v) is 15.2. The van der Waals surface area contributed by atoms with Gasteiger partial charge in [0.05, 0.1) is 36.8 Å². The molecule has 1 aromatic rings. The number of ketones is 1. The number of carbonyl (C=O) groups excluding carboxylic acids is 1. The number of methoxy groups -OCH3 is 1. The van der Waals surface area contributed by atoms with Gasteiger partial charge in [0.2, 0.25) is 17.9 Å². The summed E-state index contributed by atoms with van der Waals surface area (Å²) in [6, 6.07) is 3.20. The molecule has 0 aromatic carbocycles. The highest BCUT2D eigenvalue weighted by molar-refractivity contribution is 5.90. The second kappa shape index (κ2) is 8.28. The van der Waals surface area contributed by atoms with E-state index in [-0.39, 0.29) is 41.8 Å². The van der Waals surface area contributed by atoms with Crippen molar-refractivity contribution in [2.24, 2.45) is 22.7 Å². The number of carbonyl (C=O) groups is 1. The van der Waals surface area contributed by atoms with E-state index in [1.165, 1.54) is 19.4 Å². The molecule has 10 heteroatoms. The highest BCUT2D eigenvalue weighted by Gasteiger charge is 2.86. The van der Waals surface area contributed by atoms with Gasteiger partial charge in [0, 0.05) is 30.9 Å². The smallest absolute Gasteiger partial charge is 0.335 e. The standard InChI is InChI=1S/C31H40O10/c1-15-11-29(36-4)25(34)26(38-15)39-21-13-27(2)17(9-20(21)40-29)10-22-31(41-22)24(27)19(32)12-28(3)18(7-8-30(28,31)35)16-5-6-23(33)37-14-16/h5-6,14-15,17-22,24,26,32,35H,7-13H2,1-4H3/t15-,17+,18+,19+,20+,21+,22-,24+,26-,27-,28+,29-,30+,31-/m0/s1. The van der Waals surface area contributed by atoms with Crippen LogP contribution in [-0.4, -0.2) is 76.9 Å². The molecule has 7 fully saturated rings. The Labute approximate surface area is 238 Å². The fourth-order valence-corrected chi connectivity index (χ4v) is 10.9. The Hall–Kier alpha value is -1.66. The lowest BCUT2D eigenvalue weighted by atomic mass is 9.42. The second-order valence-electron chi connectivity index (χ2n) is 14.4. The van der Waals surface area contributed by atoms with Crippen molar-refractivity contribution >= 4 is 5.78 Å². The molecule has 4 aliphatic carbocycles. The van der Waals surface area contributed by atoms with Gasteiger partial charge in [-0.2, -0.15) is 0 Å². The Morgan fingerprint density at radius 3 is 2.56 bits per heavy atom. The molecule has 1 spiro atoms. The number of fused-ring (bicyclic) bond motifs is 6. The summed E-state index contributed by atoms with van der Waals surface area (Å²) in [7, 11) is 1.50. The lowest BCUT2D eigenvalue weighted by Crippen LogP contribution is -2.72. The fourth-order valence-electron chi connectivity index (χ4n) is 10.9. The van der Waals surface area contributed by atoms with Crippen LogP contribution in [0.3, 0.4) is 0 Å². The molecule has 0 radical (unpaired) electrons. The molecule has 1 aromatic heterocycles. The predicted molar refractivity (Wildman–Crippen MR) is 141 cm³/mol. The predicted octanol–water partition coefficient (Wildman–Crippen LogP) is 2.42. The van der Waals surface area contributed by atoms with Gasteiger partial charge in [-0.1, -0.05) is 13.8 Å². The molecule has 7 aliphatic rings. The van der Waals surface area contributed by atoms with Crippen molar-refractivity contribution in [2.45, 2.75) is 125 Å². The number of Topliss-reactive ketones (excluding diaryl/α,β-unsaturated/α-hetero) is 1. The third-order valence-corrected chi connectivity index (χ3v) is 12.7. The van der Waals surface area contributed by atoms with Crippen LogP contribution in [-0.2, 0) is 28.5 Å². The van der Waals surface area contributed by atoms with Crippen molar-refractivity contribution in [3.05, 3.63) is 34.4 Å². The minimum atomic E-state index is -1.39. The molecule has 4 heterocycles. The van der Waals surface area contributed by atoms with Crippen molar-refractivity contribution < 1.29 is 43.1 Å². The van der Waals surface area contributed by atoms with Gasteiger partial charge in [-0.05, 0) is 74.3 Å².